The number of ether oxygens (including phenoxy) is 1. The zero-order valence-corrected chi connectivity index (χ0v) is 12.6. The normalized spacial score (nSPS) is 11.1. The second kappa shape index (κ2) is 6.49. The molecule has 0 heterocycles. The summed E-state index contributed by atoms with van der Waals surface area (Å²) in [4.78, 5) is 0. The predicted octanol–water partition coefficient (Wildman–Crippen LogP) is 2.26. The molecule has 0 spiro atoms. The highest BCUT2D eigenvalue weighted by Gasteiger charge is 2.14. The number of aryl methyl sites for hydroxylation is 1. The lowest BCUT2D eigenvalue weighted by Gasteiger charge is -2.12. The van der Waals surface area contributed by atoms with Gasteiger partial charge in [-0.2, -0.15) is 0 Å². The molecule has 2 aromatic carbocycles. The Labute approximate surface area is 124 Å². The summed E-state index contributed by atoms with van der Waals surface area (Å²) < 4.78 is 31.9. The molecule has 2 rings (SSSR count). The smallest absolute Gasteiger partial charge is 0.233 e. The first-order valence-electron chi connectivity index (χ1n) is 6.48. The Bertz CT molecular complexity index is 700. The summed E-state index contributed by atoms with van der Waals surface area (Å²) in [5.41, 5.74) is 7.47. The minimum atomic E-state index is -3.47. The number of hydrogen-bond donors (Lipinski definition) is 2. The van der Waals surface area contributed by atoms with Crippen LogP contribution in [0.4, 0.5) is 11.4 Å². The van der Waals surface area contributed by atoms with E-state index in [2.05, 4.69) is 4.72 Å². The fourth-order valence-electron chi connectivity index (χ4n) is 1.92. The second-order valence-electron chi connectivity index (χ2n) is 4.62. The van der Waals surface area contributed by atoms with E-state index in [-0.39, 0.29) is 5.75 Å². The van der Waals surface area contributed by atoms with Crippen molar-refractivity contribution in [1.29, 1.82) is 0 Å². The SMILES string of the molecule is COc1ccc(N)cc1NS(=O)(=O)CCc1ccccc1. The Hall–Kier alpha value is -2.21. The van der Waals surface area contributed by atoms with Crippen molar-refractivity contribution in [3.63, 3.8) is 0 Å². The molecule has 0 aliphatic carbocycles. The Balaban J connectivity index is 2.09. The van der Waals surface area contributed by atoms with Gasteiger partial charge in [-0.3, -0.25) is 4.72 Å². The number of nitrogens with one attached hydrogen (secondary N) is 1. The largest absolute Gasteiger partial charge is 0.495 e. The number of rotatable bonds is 6. The number of hydrogen-bond acceptors (Lipinski definition) is 4. The average molecular weight is 306 g/mol. The van der Waals surface area contributed by atoms with Gasteiger partial charge in [0.25, 0.3) is 0 Å². The third kappa shape index (κ3) is 4.39. The second-order valence-corrected chi connectivity index (χ2v) is 6.46. The van der Waals surface area contributed by atoms with E-state index in [1.54, 1.807) is 18.2 Å². The maximum Gasteiger partial charge on any atom is 0.233 e. The van der Waals surface area contributed by atoms with Crippen LogP contribution in [0.1, 0.15) is 5.56 Å². The summed E-state index contributed by atoms with van der Waals surface area (Å²) in [6.45, 7) is 0. The van der Waals surface area contributed by atoms with Gasteiger partial charge in [-0.1, -0.05) is 30.3 Å². The zero-order chi connectivity index (χ0) is 15.3. The number of methoxy groups -OCH3 is 1. The highest BCUT2D eigenvalue weighted by Crippen LogP contribution is 2.27. The minimum Gasteiger partial charge on any atom is -0.495 e. The van der Waals surface area contributed by atoms with Crippen LogP contribution in [-0.4, -0.2) is 21.3 Å². The van der Waals surface area contributed by atoms with Gasteiger partial charge >= 0.3 is 0 Å². The lowest BCUT2D eigenvalue weighted by molar-refractivity contribution is 0.417. The lowest BCUT2D eigenvalue weighted by atomic mass is 10.2. The van der Waals surface area contributed by atoms with E-state index in [9.17, 15) is 8.42 Å². The minimum absolute atomic E-state index is 0.00499. The van der Waals surface area contributed by atoms with E-state index >= 15 is 0 Å². The van der Waals surface area contributed by atoms with Crippen molar-refractivity contribution in [2.75, 3.05) is 23.3 Å². The van der Waals surface area contributed by atoms with Crippen LogP contribution in [0.3, 0.4) is 0 Å². The highest BCUT2D eigenvalue weighted by atomic mass is 32.2. The monoisotopic (exact) mass is 306 g/mol. The quantitative estimate of drug-likeness (QED) is 0.802. The molecule has 6 heteroatoms. The molecule has 0 bridgehead atoms. The van der Waals surface area contributed by atoms with Crippen LogP contribution < -0.4 is 15.2 Å². The maximum absolute atomic E-state index is 12.1. The highest BCUT2D eigenvalue weighted by molar-refractivity contribution is 7.92. The van der Waals surface area contributed by atoms with Gasteiger partial charge in [0.05, 0.1) is 18.6 Å². The molecule has 0 saturated heterocycles. The van der Waals surface area contributed by atoms with Crippen LogP contribution in [-0.2, 0) is 16.4 Å². The molecule has 21 heavy (non-hydrogen) atoms. The summed E-state index contributed by atoms with van der Waals surface area (Å²) >= 11 is 0. The first-order chi connectivity index (χ1) is 10.00. The fourth-order valence-corrected chi connectivity index (χ4v) is 3.02. The molecule has 0 unspecified atom stereocenters. The van der Waals surface area contributed by atoms with Crippen molar-refractivity contribution >= 4 is 21.4 Å². The van der Waals surface area contributed by atoms with Gasteiger partial charge in [-0.15, -0.1) is 0 Å². The van der Waals surface area contributed by atoms with Crippen molar-refractivity contribution < 1.29 is 13.2 Å². The molecule has 112 valence electrons. The average Bonchev–Trinajstić information content (AvgIpc) is 2.46. The first-order valence-corrected chi connectivity index (χ1v) is 8.13. The van der Waals surface area contributed by atoms with E-state index in [0.29, 0.717) is 23.5 Å². The Kier molecular flexibility index (Phi) is 4.70. The molecule has 0 aromatic heterocycles. The number of anilines is 2. The van der Waals surface area contributed by atoms with E-state index in [1.807, 2.05) is 30.3 Å². The molecule has 0 aliphatic heterocycles. The molecule has 0 radical (unpaired) electrons. The van der Waals surface area contributed by atoms with Crippen LogP contribution in [0.25, 0.3) is 0 Å². The lowest BCUT2D eigenvalue weighted by Crippen LogP contribution is -2.18. The van der Waals surface area contributed by atoms with Gasteiger partial charge in [-0.05, 0) is 30.2 Å². The van der Waals surface area contributed by atoms with Gasteiger partial charge in [0.2, 0.25) is 10.0 Å². The fraction of sp³-hybridized carbons (Fsp3) is 0.200. The van der Waals surface area contributed by atoms with Gasteiger partial charge in [0.15, 0.2) is 0 Å². The van der Waals surface area contributed by atoms with Crippen molar-refractivity contribution in [3.05, 3.63) is 54.1 Å². The number of nitrogen functional groups attached to an aromatic ring is 1. The van der Waals surface area contributed by atoms with Crippen LogP contribution in [0, 0.1) is 0 Å². The number of benzene rings is 2. The molecule has 0 amide bonds. The zero-order valence-electron chi connectivity index (χ0n) is 11.7. The molecule has 0 aliphatic rings. The van der Waals surface area contributed by atoms with Crippen LogP contribution >= 0.6 is 0 Å². The Morgan fingerprint density at radius 3 is 2.52 bits per heavy atom. The van der Waals surface area contributed by atoms with Crippen molar-refractivity contribution in [2.45, 2.75) is 6.42 Å². The number of sulfonamides is 1. The summed E-state index contributed by atoms with van der Waals surface area (Å²) in [6, 6.07) is 14.3. The van der Waals surface area contributed by atoms with Crippen LogP contribution in [0.5, 0.6) is 5.75 Å². The van der Waals surface area contributed by atoms with Crippen LogP contribution in [0.15, 0.2) is 48.5 Å². The molecular formula is C15H18N2O3S. The third-order valence-corrected chi connectivity index (χ3v) is 4.26. The van der Waals surface area contributed by atoms with Gasteiger partial charge in [0.1, 0.15) is 5.75 Å². The summed E-state index contributed by atoms with van der Waals surface area (Å²) in [7, 11) is -1.99. The van der Waals surface area contributed by atoms with Gasteiger partial charge in [0, 0.05) is 5.69 Å². The van der Waals surface area contributed by atoms with E-state index in [4.69, 9.17) is 10.5 Å². The predicted molar refractivity (Wildman–Crippen MR) is 85.0 cm³/mol. The summed E-state index contributed by atoms with van der Waals surface area (Å²) in [5.74, 6) is 0.432. The topological polar surface area (TPSA) is 81.4 Å². The summed E-state index contributed by atoms with van der Waals surface area (Å²) in [5, 5.41) is 0. The molecule has 3 N–H and O–H groups in total. The van der Waals surface area contributed by atoms with Gasteiger partial charge in [-0.25, -0.2) is 8.42 Å². The van der Waals surface area contributed by atoms with Crippen molar-refractivity contribution in [3.8, 4) is 5.75 Å². The number of nitrogens with two attached hydrogens (primary N) is 1. The first kappa shape index (κ1) is 15.2. The Morgan fingerprint density at radius 2 is 1.86 bits per heavy atom. The molecule has 5 nitrogen and oxygen atoms in total. The van der Waals surface area contributed by atoms with Gasteiger partial charge < -0.3 is 10.5 Å². The third-order valence-electron chi connectivity index (χ3n) is 2.99. The molecular weight excluding hydrogens is 288 g/mol. The molecule has 0 fully saturated rings. The van der Waals surface area contributed by atoms with Crippen molar-refractivity contribution in [2.24, 2.45) is 0 Å². The van der Waals surface area contributed by atoms with E-state index < -0.39 is 10.0 Å². The molecule has 2 aromatic rings. The van der Waals surface area contributed by atoms with E-state index in [0.717, 1.165) is 5.56 Å². The van der Waals surface area contributed by atoms with Crippen LogP contribution in [0.2, 0.25) is 0 Å². The molecule has 0 saturated carbocycles. The standard InChI is InChI=1S/C15H18N2O3S/c1-20-15-8-7-13(16)11-14(15)17-21(18,19)10-9-12-5-3-2-4-6-12/h2-8,11,17H,9-10,16H2,1H3. The molecule has 0 atom stereocenters. The summed E-state index contributed by atoms with van der Waals surface area (Å²) in [6.07, 6.45) is 0.445. The van der Waals surface area contributed by atoms with E-state index in [1.165, 1.54) is 7.11 Å². The van der Waals surface area contributed by atoms with Crippen molar-refractivity contribution in [1.82, 2.24) is 0 Å². The Morgan fingerprint density at radius 1 is 1.14 bits per heavy atom. The maximum atomic E-state index is 12.1.